The Balaban J connectivity index is 1.33. The number of likely N-dealkylation sites (tertiary alicyclic amines) is 1. The van der Waals surface area contributed by atoms with E-state index in [1.54, 1.807) is 6.20 Å². The lowest BCUT2D eigenvalue weighted by atomic mass is 10.0. The number of nitrogens with two attached hydrogens (primary N) is 1. The van der Waals surface area contributed by atoms with Crippen LogP contribution in [0, 0.1) is 5.82 Å². The number of hydrogen-bond acceptors (Lipinski definition) is 7. The average Bonchev–Trinajstić information content (AvgIpc) is 3.60. The number of aromatic amines is 1. The molecule has 5 rings (SSSR count). The number of H-pyrrole nitrogens is 1. The van der Waals surface area contributed by atoms with Gasteiger partial charge in [-0.05, 0) is 19.6 Å². The summed E-state index contributed by atoms with van der Waals surface area (Å²) < 4.78 is 16.9. The molecule has 10 nitrogen and oxygen atoms in total. The van der Waals surface area contributed by atoms with E-state index in [-0.39, 0.29) is 28.3 Å². The van der Waals surface area contributed by atoms with Crippen molar-refractivity contribution in [2.75, 3.05) is 18.1 Å². The fourth-order valence-electron chi connectivity index (χ4n) is 4.68. The lowest BCUT2D eigenvalue weighted by Crippen LogP contribution is -2.42. The van der Waals surface area contributed by atoms with Gasteiger partial charge in [-0.25, -0.2) is 20.2 Å². The Morgan fingerprint density at radius 2 is 1.97 bits per heavy atom. The number of benzene rings is 1. The number of pyridine rings is 1. The molecule has 0 saturated carbocycles. The monoisotopic (exact) mass is 500 g/mol. The molecule has 0 bridgehead atoms. The van der Waals surface area contributed by atoms with E-state index in [0.717, 1.165) is 22.6 Å². The minimum Gasteiger partial charge on any atom is -0.357 e. The largest absolute Gasteiger partial charge is 0.357 e. The molecule has 0 spiro atoms. The summed E-state index contributed by atoms with van der Waals surface area (Å²) in [6, 6.07) is 10.0. The SMILES string of the molecule is C=N/C=C\N(N)c1ncc(F)c2c(C(=O)C(=O)N3CCC(n4ccnc4-c4ccccc4)CC3)c[nH]c12. The summed E-state index contributed by atoms with van der Waals surface area (Å²) in [4.78, 5) is 42.7. The maximum Gasteiger partial charge on any atom is 0.295 e. The number of hydrazine groups is 1. The highest BCUT2D eigenvalue weighted by Gasteiger charge is 2.31. The second-order valence-electron chi connectivity index (χ2n) is 8.65. The topological polar surface area (TPSA) is 126 Å². The van der Waals surface area contributed by atoms with Gasteiger partial charge in [0.1, 0.15) is 5.82 Å². The molecule has 1 aromatic carbocycles. The number of halogens is 1. The van der Waals surface area contributed by atoms with Gasteiger partial charge in [-0.1, -0.05) is 30.3 Å². The summed E-state index contributed by atoms with van der Waals surface area (Å²) in [5.74, 6) is 4.78. The number of ketones is 1. The Hall–Kier alpha value is -4.64. The molecule has 1 aliphatic heterocycles. The lowest BCUT2D eigenvalue weighted by Gasteiger charge is -2.33. The van der Waals surface area contributed by atoms with Crippen LogP contribution in [0.3, 0.4) is 0 Å². The zero-order valence-electron chi connectivity index (χ0n) is 19.9. The van der Waals surface area contributed by atoms with E-state index in [1.807, 2.05) is 36.5 Å². The van der Waals surface area contributed by atoms with Crippen LogP contribution in [0.5, 0.6) is 0 Å². The zero-order valence-corrected chi connectivity index (χ0v) is 19.9. The fourth-order valence-corrected chi connectivity index (χ4v) is 4.68. The molecule has 37 heavy (non-hydrogen) atoms. The fraction of sp³-hybridized carbons (Fsp3) is 0.192. The summed E-state index contributed by atoms with van der Waals surface area (Å²) in [5, 5.41) is 1.08. The van der Waals surface area contributed by atoms with Crippen LogP contribution in [0.1, 0.15) is 29.2 Å². The van der Waals surface area contributed by atoms with Crippen LogP contribution in [0.25, 0.3) is 22.3 Å². The number of aliphatic imine (C=N–C) groups is 1. The van der Waals surface area contributed by atoms with Crippen molar-refractivity contribution in [1.29, 1.82) is 0 Å². The summed E-state index contributed by atoms with van der Waals surface area (Å²) in [6.07, 6.45) is 10.0. The summed E-state index contributed by atoms with van der Waals surface area (Å²) in [5.41, 5.74) is 1.15. The molecule has 0 unspecified atom stereocenters. The standard InChI is InChI=1S/C26H25FN8O2/c1-29-9-14-35(28)25-22-21(20(27)16-32-25)19(15-31-22)23(36)26(37)33-11-7-18(8-12-33)34-13-10-30-24(34)17-5-3-2-4-6-17/h2-6,9-10,13-16,18,31H,1,7-8,11-12,28H2/b14-9-. The van der Waals surface area contributed by atoms with E-state index in [4.69, 9.17) is 5.84 Å². The number of piperidine rings is 1. The Morgan fingerprint density at radius 1 is 1.22 bits per heavy atom. The maximum absolute atomic E-state index is 14.8. The van der Waals surface area contributed by atoms with Gasteiger partial charge in [-0.2, -0.15) is 0 Å². The third kappa shape index (κ3) is 4.52. The van der Waals surface area contributed by atoms with Crippen molar-refractivity contribution in [3.05, 3.63) is 78.9 Å². The Labute approximate surface area is 211 Å². The molecule has 3 aromatic heterocycles. The van der Waals surface area contributed by atoms with Gasteiger partial charge in [0.25, 0.3) is 11.7 Å². The molecule has 0 aliphatic carbocycles. The lowest BCUT2D eigenvalue weighted by molar-refractivity contribution is -0.127. The van der Waals surface area contributed by atoms with Crippen LogP contribution in [-0.2, 0) is 4.79 Å². The van der Waals surface area contributed by atoms with Crippen LogP contribution in [0.4, 0.5) is 10.2 Å². The van der Waals surface area contributed by atoms with Gasteiger partial charge >= 0.3 is 0 Å². The van der Waals surface area contributed by atoms with E-state index in [9.17, 15) is 14.0 Å². The maximum atomic E-state index is 14.8. The molecule has 188 valence electrons. The number of fused-ring (bicyclic) bond motifs is 1. The van der Waals surface area contributed by atoms with Gasteiger partial charge in [0, 0.05) is 55.7 Å². The van der Waals surface area contributed by atoms with E-state index >= 15 is 0 Å². The molecule has 1 amide bonds. The van der Waals surface area contributed by atoms with E-state index in [2.05, 4.69) is 31.2 Å². The number of Topliss-reactive ketones (excluding diaryl/α,β-unsaturated/α-hetero) is 1. The molecule has 1 fully saturated rings. The van der Waals surface area contributed by atoms with Gasteiger partial charge in [0.2, 0.25) is 0 Å². The number of carbonyl (C=O) groups excluding carboxylic acids is 2. The average molecular weight is 501 g/mol. The van der Waals surface area contributed by atoms with E-state index in [1.165, 1.54) is 23.5 Å². The second kappa shape index (κ2) is 10.2. The highest BCUT2D eigenvalue weighted by molar-refractivity contribution is 6.45. The molecule has 0 atom stereocenters. The Kier molecular flexibility index (Phi) is 6.60. The first kappa shape index (κ1) is 24.1. The third-order valence-corrected chi connectivity index (χ3v) is 6.50. The van der Waals surface area contributed by atoms with Crippen molar-refractivity contribution < 1.29 is 14.0 Å². The van der Waals surface area contributed by atoms with Crippen LogP contribution in [0.15, 0.2) is 72.5 Å². The first-order valence-corrected chi connectivity index (χ1v) is 11.7. The molecule has 1 saturated heterocycles. The molecule has 4 aromatic rings. The molecule has 0 radical (unpaired) electrons. The van der Waals surface area contributed by atoms with Crippen molar-refractivity contribution in [2.45, 2.75) is 18.9 Å². The summed E-state index contributed by atoms with van der Waals surface area (Å²) in [6.45, 7) is 4.13. The van der Waals surface area contributed by atoms with Crippen LogP contribution in [-0.4, -0.2) is 55.9 Å². The zero-order chi connectivity index (χ0) is 25.9. The van der Waals surface area contributed by atoms with Crippen molar-refractivity contribution in [3.63, 3.8) is 0 Å². The van der Waals surface area contributed by atoms with Crippen LogP contribution >= 0.6 is 0 Å². The van der Waals surface area contributed by atoms with Crippen molar-refractivity contribution in [1.82, 2.24) is 24.4 Å². The van der Waals surface area contributed by atoms with Crippen molar-refractivity contribution in [2.24, 2.45) is 10.8 Å². The molecular weight excluding hydrogens is 475 g/mol. The van der Waals surface area contributed by atoms with E-state index in [0.29, 0.717) is 25.9 Å². The Morgan fingerprint density at radius 3 is 2.70 bits per heavy atom. The number of hydrogen-bond donors (Lipinski definition) is 2. The molecule has 3 N–H and O–H groups in total. The highest BCUT2D eigenvalue weighted by atomic mass is 19.1. The van der Waals surface area contributed by atoms with Crippen LogP contribution in [0.2, 0.25) is 0 Å². The minimum absolute atomic E-state index is 0.0421. The number of carbonyl (C=O) groups is 2. The van der Waals surface area contributed by atoms with E-state index < -0.39 is 17.5 Å². The quantitative estimate of drug-likeness (QED) is 0.132. The number of amides is 1. The summed E-state index contributed by atoms with van der Waals surface area (Å²) in [7, 11) is 0. The summed E-state index contributed by atoms with van der Waals surface area (Å²) >= 11 is 0. The van der Waals surface area contributed by atoms with Gasteiger partial charge < -0.3 is 14.5 Å². The number of rotatable bonds is 7. The molecule has 1 aliphatic rings. The molecule has 11 heteroatoms. The van der Waals surface area contributed by atoms with Crippen molar-refractivity contribution >= 4 is 35.1 Å². The van der Waals surface area contributed by atoms with Crippen LogP contribution < -0.4 is 10.9 Å². The number of aromatic nitrogens is 4. The second-order valence-corrected chi connectivity index (χ2v) is 8.65. The number of anilines is 1. The normalized spacial score (nSPS) is 14.4. The van der Waals surface area contributed by atoms with Crippen molar-refractivity contribution in [3.8, 4) is 11.4 Å². The number of nitrogens with zero attached hydrogens (tertiary/aromatic N) is 6. The molecule has 4 heterocycles. The van der Waals surface area contributed by atoms with Gasteiger partial charge in [0.05, 0.1) is 22.7 Å². The highest BCUT2D eigenvalue weighted by Crippen LogP contribution is 2.31. The first-order chi connectivity index (χ1) is 18.0. The minimum atomic E-state index is -0.791. The third-order valence-electron chi connectivity index (χ3n) is 6.50. The first-order valence-electron chi connectivity index (χ1n) is 11.7. The number of imidazole rings is 1. The smallest absolute Gasteiger partial charge is 0.295 e. The predicted octanol–water partition coefficient (Wildman–Crippen LogP) is 3.46. The van der Waals surface area contributed by atoms with Gasteiger partial charge in [-0.15, -0.1) is 0 Å². The van der Waals surface area contributed by atoms with Gasteiger partial charge in [0.15, 0.2) is 11.6 Å². The number of nitrogens with one attached hydrogen (secondary N) is 1. The van der Waals surface area contributed by atoms with Gasteiger partial charge in [-0.3, -0.25) is 19.6 Å². The molecular formula is C26H25FN8O2. The Bertz CT molecular complexity index is 1490. The predicted molar refractivity (Wildman–Crippen MR) is 138 cm³/mol.